The summed E-state index contributed by atoms with van der Waals surface area (Å²) in [7, 11) is 1.44. The van der Waals surface area contributed by atoms with Crippen molar-refractivity contribution in [1.29, 1.82) is 0 Å². The molecule has 1 aliphatic rings. The molecule has 168 valence electrons. The first-order chi connectivity index (χ1) is 15.3. The third kappa shape index (κ3) is 4.18. The Morgan fingerprint density at radius 1 is 1.22 bits per heavy atom. The molecule has 2 atom stereocenters. The first kappa shape index (κ1) is 21.8. The van der Waals surface area contributed by atoms with Gasteiger partial charge < -0.3 is 21.7 Å². The highest BCUT2D eigenvalue weighted by molar-refractivity contribution is 6.00. The summed E-state index contributed by atoms with van der Waals surface area (Å²) in [5.74, 6) is -4.89. The van der Waals surface area contributed by atoms with Crippen LogP contribution in [0.3, 0.4) is 0 Å². The summed E-state index contributed by atoms with van der Waals surface area (Å²) in [4.78, 5) is 20.4. The maximum Gasteiger partial charge on any atom is 0.265 e. The molecule has 10 heteroatoms. The lowest BCUT2D eigenvalue weighted by Gasteiger charge is -2.38. The summed E-state index contributed by atoms with van der Waals surface area (Å²) < 4.78 is 43.4. The van der Waals surface area contributed by atoms with E-state index in [1.54, 1.807) is 24.4 Å². The number of fused-ring (bicyclic) bond motifs is 1. The van der Waals surface area contributed by atoms with Gasteiger partial charge in [-0.3, -0.25) is 9.78 Å². The Morgan fingerprint density at radius 2 is 2.03 bits per heavy atom. The van der Waals surface area contributed by atoms with Crippen LogP contribution in [0.5, 0.6) is 0 Å². The average molecular weight is 444 g/mol. The van der Waals surface area contributed by atoms with E-state index in [1.807, 2.05) is 12.1 Å². The zero-order chi connectivity index (χ0) is 22.9. The number of hydrogen-bond donors (Lipinski definition) is 4. The second kappa shape index (κ2) is 8.62. The number of likely N-dealkylation sites (N-methyl/N-ethyl adjacent to an activating group) is 1. The van der Waals surface area contributed by atoms with Crippen molar-refractivity contribution in [2.45, 2.75) is 37.3 Å². The van der Waals surface area contributed by atoms with Gasteiger partial charge in [0.15, 0.2) is 11.6 Å². The van der Waals surface area contributed by atoms with Crippen LogP contribution in [-0.4, -0.2) is 40.9 Å². The van der Waals surface area contributed by atoms with E-state index in [-0.39, 0.29) is 30.0 Å². The zero-order valence-electron chi connectivity index (χ0n) is 17.3. The first-order valence-corrected chi connectivity index (χ1v) is 10.2. The van der Waals surface area contributed by atoms with Crippen molar-refractivity contribution in [3.63, 3.8) is 0 Å². The van der Waals surface area contributed by atoms with Gasteiger partial charge in [0.2, 0.25) is 0 Å². The standard InChI is InChI=1S/C22H23F3N6O/c1-27-18-17(8-3-9-22(18,24)25)30-21-14(23)11-13(19(26)32)20(31-21)29-16-7-2-6-15-12(16)5-4-10-28-15/h2,4-7,10-11,17-18,27H,3,8-9H2,1H3,(H2,26,32)(H2,29,30,31)/t17?,18-/m1/s1. The third-order valence-electron chi connectivity index (χ3n) is 5.66. The smallest absolute Gasteiger partial charge is 0.265 e. The Labute approximate surface area is 182 Å². The molecule has 0 radical (unpaired) electrons. The molecule has 2 aromatic heterocycles. The lowest BCUT2D eigenvalue weighted by Crippen LogP contribution is -2.56. The minimum atomic E-state index is -2.94. The summed E-state index contributed by atoms with van der Waals surface area (Å²) in [6.45, 7) is 0. The molecule has 1 aliphatic carbocycles. The van der Waals surface area contributed by atoms with Crippen LogP contribution in [0.15, 0.2) is 42.6 Å². The van der Waals surface area contributed by atoms with Gasteiger partial charge >= 0.3 is 0 Å². The number of nitrogens with two attached hydrogens (primary N) is 1. The SMILES string of the molecule is CN[C@@H]1C(Nc2nc(Nc3cccc4ncccc34)c(C(N)=O)cc2F)CCCC1(F)F. The highest BCUT2D eigenvalue weighted by atomic mass is 19.3. The molecule has 0 spiro atoms. The molecule has 0 bridgehead atoms. The Bertz CT molecular complexity index is 1150. The molecule has 32 heavy (non-hydrogen) atoms. The normalized spacial score (nSPS) is 20.1. The first-order valence-electron chi connectivity index (χ1n) is 10.2. The van der Waals surface area contributed by atoms with E-state index in [2.05, 4.69) is 25.9 Å². The predicted octanol–water partition coefficient (Wildman–Crippen LogP) is 3.80. The maximum absolute atomic E-state index is 14.8. The molecule has 0 saturated heterocycles. The molecule has 1 fully saturated rings. The number of aromatic nitrogens is 2. The van der Waals surface area contributed by atoms with Crippen molar-refractivity contribution in [3.05, 3.63) is 54.0 Å². The summed E-state index contributed by atoms with van der Waals surface area (Å²) in [5.41, 5.74) is 6.57. The molecule has 7 nitrogen and oxygen atoms in total. The van der Waals surface area contributed by atoms with E-state index in [1.165, 1.54) is 7.05 Å². The number of carbonyl (C=O) groups excluding carboxylic acids is 1. The van der Waals surface area contributed by atoms with Crippen LogP contribution in [0.25, 0.3) is 10.9 Å². The highest BCUT2D eigenvalue weighted by Gasteiger charge is 2.46. The van der Waals surface area contributed by atoms with Crippen LogP contribution in [0.4, 0.5) is 30.5 Å². The van der Waals surface area contributed by atoms with Crippen molar-refractivity contribution >= 4 is 34.1 Å². The fourth-order valence-electron chi connectivity index (χ4n) is 4.13. The molecule has 1 unspecified atom stereocenters. The van der Waals surface area contributed by atoms with Crippen molar-refractivity contribution in [2.75, 3.05) is 17.7 Å². The Kier molecular flexibility index (Phi) is 5.88. The zero-order valence-corrected chi connectivity index (χ0v) is 17.3. The minimum Gasteiger partial charge on any atom is -0.365 e. The van der Waals surface area contributed by atoms with Crippen LogP contribution >= 0.6 is 0 Å². The van der Waals surface area contributed by atoms with E-state index in [0.29, 0.717) is 17.6 Å². The Morgan fingerprint density at radius 3 is 2.78 bits per heavy atom. The monoisotopic (exact) mass is 444 g/mol. The molecule has 2 heterocycles. The second-order valence-electron chi connectivity index (χ2n) is 7.75. The van der Waals surface area contributed by atoms with Crippen molar-refractivity contribution < 1.29 is 18.0 Å². The summed E-state index contributed by atoms with van der Waals surface area (Å²) in [6.07, 6.45) is 2.11. The number of rotatable bonds is 6. The largest absolute Gasteiger partial charge is 0.365 e. The van der Waals surface area contributed by atoms with Crippen LogP contribution in [0.1, 0.15) is 29.6 Å². The van der Waals surface area contributed by atoms with Gasteiger partial charge in [-0.1, -0.05) is 6.07 Å². The number of hydrogen-bond acceptors (Lipinski definition) is 6. The van der Waals surface area contributed by atoms with E-state index >= 15 is 0 Å². The lowest BCUT2D eigenvalue weighted by atomic mass is 9.87. The number of amides is 1. The molecule has 1 aromatic carbocycles. The summed E-state index contributed by atoms with van der Waals surface area (Å²) >= 11 is 0. The van der Waals surface area contributed by atoms with Gasteiger partial charge in [0.1, 0.15) is 5.82 Å². The van der Waals surface area contributed by atoms with Crippen LogP contribution in [0.2, 0.25) is 0 Å². The van der Waals surface area contributed by atoms with E-state index in [0.717, 1.165) is 11.5 Å². The topological polar surface area (TPSA) is 105 Å². The molecule has 0 aliphatic heterocycles. The summed E-state index contributed by atoms with van der Waals surface area (Å²) in [6, 6.07) is 7.96. The van der Waals surface area contributed by atoms with E-state index in [4.69, 9.17) is 5.73 Å². The molecule has 1 saturated carbocycles. The molecular formula is C22H23F3N6O. The number of nitrogens with one attached hydrogen (secondary N) is 3. The third-order valence-corrected chi connectivity index (χ3v) is 5.66. The Balaban J connectivity index is 1.71. The van der Waals surface area contributed by atoms with Gasteiger partial charge in [-0.2, -0.15) is 0 Å². The fraction of sp³-hybridized carbons (Fsp3) is 0.318. The van der Waals surface area contributed by atoms with Crippen molar-refractivity contribution in [3.8, 4) is 0 Å². The van der Waals surface area contributed by atoms with Gasteiger partial charge in [0.25, 0.3) is 11.8 Å². The minimum absolute atomic E-state index is 0.0151. The van der Waals surface area contributed by atoms with Gasteiger partial charge in [-0.15, -0.1) is 0 Å². The molecule has 1 amide bonds. The number of anilines is 3. The number of benzene rings is 1. The Hall–Kier alpha value is -3.40. The number of primary amides is 1. The average Bonchev–Trinajstić information content (AvgIpc) is 2.75. The fourth-order valence-corrected chi connectivity index (χ4v) is 4.13. The van der Waals surface area contributed by atoms with Gasteiger partial charge in [0.05, 0.1) is 17.1 Å². The number of halogens is 3. The number of pyridine rings is 2. The van der Waals surface area contributed by atoms with Crippen LogP contribution < -0.4 is 21.7 Å². The van der Waals surface area contributed by atoms with E-state index < -0.39 is 29.7 Å². The molecular weight excluding hydrogens is 421 g/mol. The number of alkyl halides is 2. The van der Waals surface area contributed by atoms with Gasteiger partial charge in [0, 0.05) is 29.7 Å². The van der Waals surface area contributed by atoms with E-state index in [9.17, 15) is 18.0 Å². The number of nitrogens with zero attached hydrogens (tertiary/aromatic N) is 2. The second-order valence-corrected chi connectivity index (χ2v) is 7.75. The maximum atomic E-state index is 14.8. The quantitative estimate of drug-likeness (QED) is 0.461. The van der Waals surface area contributed by atoms with Crippen LogP contribution in [0, 0.1) is 5.82 Å². The van der Waals surface area contributed by atoms with Crippen LogP contribution in [-0.2, 0) is 0 Å². The van der Waals surface area contributed by atoms with Crippen molar-refractivity contribution in [2.24, 2.45) is 5.73 Å². The highest BCUT2D eigenvalue weighted by Crippen LogP contribution is 2.35. The number of carbonyl (C=O) groups is 1. The summed E-state index contributed by atoms with van der Waals surface area (Å²) in [5, 5.41) is 9.21. The molecule has 5 N–H and O–H groups in total. The van der Waals surface area contributed by atoms with Gasteiger partial charge in [-0.25, -0.2) is 18.2 Å². The van der Waals surface area contributed by atoms with Crippen molar-refractivity contribution in [1.82, 2.24) is 15.3 Å². The van der Waals surface area contributed by atoms with Gasteiger partial charge in [-0.05, 0) is 50.2 Å². The predicted molar refractivity (Wildman–Crippen MR) is 117 cm³/mol. The molecule has 4 rings (SSSR count). The lowest BCUT2D eigenvalue weighted by molar-refractivity contribution is -0.0654. The molecule has 3 aromatic rings.